The van der Waals surface area contributed by atoms with Crippen molar-refractivity contribution in [2.24, 2.45) is 4.99 Å². The molecule has 0 bridgehead atoms. The van der Waals surface area contributed by atoms with Crippen molar-refractivity contribution in [3.8, 4) is 11.4 Å². The molecule has 1 aliphatic rings. The first-order valence-electron chi connectivity index (χ1n) is 9.99. The molecule has 8 heteroatoms. The molecule has 0 unspecified atom stereocenters. The van der Waals surface area contributed by atoms with Gasteiger partial charge in [-0.25, -0.2) is 9.98 Å². The number of aromatic amines is 1. The van der Waals surface area contributed by atoms with Crippen LogP contribution < -0.4 is 10.6 Å². The molecule has 3 N–H and O–H groups in total. The molecule has 1 aromatic carbocycles. The molecular formula is C20H31N7O. The van der Waals surface area contributed by atoms with Crippen molar-refractivity contribution in [1.82, 2.24) is 30.7 Å². The van der Waals surface area contributed by atoms with Crippen LogP contribution in [0.2, 0.25) is 0 Å². The van der Waals surface area contributed by atoms with Gasteiger partial charge in [0, 0.05) is 44.9 Å². The number of aromatic nitrogens is 3. The van der Waals surface area contributed by atoms with Gasteiger partial charge in [-0.2, -0.15) is 5.10 Å². The first-order chi connectivity index (χ1) is 13.8. The maximum Gasteiger partial charge on any atom is 0.191 e. The van der Waals surface area contributed by atoms with Crippen molar-refractivity contribution in [2.45, 2.75) is 32.4 Å². The Morgan fingerprint density at radius 1 is 1.36 bits per heavy atom. The number of piperidine rings is 1. The van der Waals surface area contributed by atoms with Crippen LogP contribution in [0.4, 0.5) is 0 Å². The third-order valence-corrected chi connectivity index (χ3v) is 4.92. The molecule has 2 heterocycles. The molecule has 1 saturated heterocycles. The Morgan fingerprint density at radius 2 is 2.21 bits per heavy atom. The molecule has 3 rings (SSSR count). The summed E-state index contributed by atoms with van der Waals surface area (Å²) in [6, 6.07) is 8.69. The Bertz CT molecular complexity index is 724. The number of nitrogens with zero attached hydrogens (tertiary/aromatic N) is 4. The van der Waals surface area contributed by atoms with E-state index in [9.17, 15) is 0 Å². The number of rotatable bonds is 8. The van der Waals surface area contributed by atoms with Crippen LogP contribution in [-0.4, -0.2) is 72.0 Å². The number of ether oxygens (including phenoxy) is 1. The van der Waals surface area contributed by atoms with Crippen LogP contribution in [0.3, 0.4) is 0 Å². The topological polar surface area (TPSA) is 90.5 Å². The van der Waals surface area contributed by atoms with Gasteiger partial charge in [0.15, 0.2) is 11.8 Å². The summed E-state index contributed by atoms with van der Waals surface area (Å²) >= 11 is 0. The molecule has 0 saturated carbocycles. The van der Waals surface area contributed by atoms with Gasteiger partial charge in [-0.1, -0.05) is 18.2 Å². The van der Waals surface area contributed by atoms with Crippen LogP contribution in [0.15, 0.2) is 35.6 Å². The second kappa shape index (κ2) is 10.8. The highest BCUT2D eigenvalue weighted by Crippen LogP contribution is 2.16. The van der Waals surface area contributed by atoms with Crippen molar-refractivity contribution in [3.05, 3.63) is 36.2 Å². The second-order valence-electron chi connectivity index (χ2n) is 6.98. The van der Waals surface area contributed by atoms with Gasteiger partial charge in [0.05, 0.1) is 13.2 Å². The number of H-pyrrole nitrogens is 1. The fourth-order valence-electron chi connectivity index (χ4n) is 3.37. The minimum atomic E-state index is 0.456. The van der Waals surface area contributed by atoms with E-state index >= 15 is 0 Å². The zero-order valence-electron chi connectivity index (χ0n) is 16.8. The minimum absolute atomic E-state index is 0.456. The summed E-state index contributed by atoms with van der Waals surface area (Å²) in [6.07, 6.45) is 3.76. The number of nitrogens with one attached hydrogen (secondary N) is 3. The van der Waals surface area contributed by atoms with Gasteiger partial charge in [0.1, 0.15) is 6.33 Å². The van der Waals surface area contributed by atoms with Crippen LogP contribution in [0, 0.1) is 0 Å². The molecule has 152 valence electrons. The predicted molar refractivity (Wildman–Crippen MR) is 111 cm³/mol. The first-order valence-corrected chi connectivity index (χ1v) is 9.99. The molecule has 0 amide bonds. The second-order valence-corrected chi connectivity index (χ2v) is 6.98. The van der Waals surface area contributed by atoms with Crippen molar-refractivity contribution < 1.29 is 4.74 Å². The van der Waals surface area contributed by atoms with Gasteiger partial charge in [-0.15, -0.1) is 0 Å². The van der Waals surface area contributed by atoms with E-state index in [4.69, 9.17) is 9.73 Å². The zero-order chi connectivity index (χ0) is 19.6. The lowest BCUT2D eigenvalue weighted by Crippen LogP contribution is -2.49. The molecule has 1 aliphatic heterocycles. The quantitative estimate of drug-likeness (QED) is 0.473. The highest BCUT2D eigenvalue weighted by atomic mass is 16.5. The van der Waals surface area contributed by atoms with E-state index in [1.165, 1.54) is 6.33 Å². The number of likely N-dealkylation sites (tertiary alicyclic amines) is 1. The lowest BCUT2D eigenvalue weighted by molar-refractivity contribution is 0.128. The van der Waals surface area contributed by atoms with E-state index in [2.05, 4.69) is 49.8 Å². The van der Waals surface area contributed by atoms with E-state index in [-0.39, 0.29) is 0 Å². The summed E-state index contributed by atoms with van der Waals surface area (Å²) < 4.78 is 5.18. The van der Waals surface area contributed by atoms with Crippen LogP contribution in [-0.2, 0) is 11.3 Å². The third-order valence-electron chi connectivity index (χ3n) is 4.92. The van der Waals surface area contributed by atoms with E-state index in [1.807, 2.05) is 12.1 Å². The summed E-state index contributed by atoms with van der Waals surface area (Å²) in [4.78, 5) is 11.5. The number of methoxy groups -OCH3 is 1. The van der Waals surface area contributed by atoms with Crippen molar-refractivity contribution in [2.75, 3.05) is 39.9 Å². The van der Waals surface area contributed by atoms with E-state index < -0.39 is 0 Å². The maximum atomic E-state index is 5.18. The smallest absolute Gasteiger partial charge is 0.191 e. The summed E-state index contributed by atoms with van der Waals surface area (Å²) in [5, 5.41) is 13.8. The summed E-state index contributed by atoms with van der Waals surface area (Å²) in [7, 11) is 1.76. The normalized spacial score (nSPS) is 16.3. The molecule has 0 atom stereocenters. The highest BCUT2D eigenvalue weighted by molar-refractivity contribution is 5.80. The lowest BCUT2D eigenvalue weighted by Gasteiger charge is -2.32. The highest BCUT2D eigenvalue weighted by Gasteiger charge is 2.19. The minimum Gasteiger partial charge on any atom is -0.383 e. The molecule has 8 nitrogen and oxygen atoms in total. The number of aliphatic imine (C=N–C) groups is 1. The Morgan fingerprint density at radius 3 is 2.93 bits per heavy atom. The Labute approximate surface area is 166 Å². The molecule has 28 heavy (non-hydrogen) atoms. The van der Waals surface area contributed by atoms with Crippen LogP contribution in [0.1, 0.15) is 25.3 Å². The van der Waals surface area contributed by atoms with Gasteiger partial charge >= 0.3 is 0 Å². The van der Waals surface area contributed by atoms with Gasteiger partial charge in [0.25, 0.3) is 0 Å². The maximum absolute atomic E-state index is 5.18. The van der Waals surface area contributed by atoms with Crippen molar-refractivity contribution in [3.63, 3.8) is 0 Å². The first kappa shape index (κ1) is 20.3. The Hall–Kier alpha value is -2.45. The van der Waals surface area contributed by atoms with Crippen molar-refractivity contribution >= 4 is 5.96 Å². The van der Waals surface area contributed by atoms with Gasteiger partial charge in [-0.05, 0) is 31.4 Å². The number of hydrogen-bond acceptors (Lipinski definition) is 5. The molecule has 2 aromatic rings. The fourth-order valence-corrected chi connectivity index (χ4v) is 3.37. The third kappa shape index (κ3) is 6.03. The number of guanidine groups is 1. The van der Waals surface area contributed by atoms with Gasteiger partial charge < -0.3 is 20.3 Å². The van der Waals surface area contributed by atoms with Crippen LogP contribution >= 0.6 is 0 Å². The number of benzene rings is 1. The van der Waals surface area contributed by atoms with Gasteiger partial charge in [-0.3, -0.25) is 5.10 Å². The largest absolute Gasteiger partial charge is 0.383 e. The van der Waals surface area contributed by atoms with Gasteiger partial charge in [0.2, 0.25) is 0 Å². The number of hydrogen-bond donors (Lipinski definition) is 3. The predicted octanol–water partition coefficient (Wildman–Crippen LogP) is 1.64. The SMILES string of the molecule is CCNC(=NCc1cccc(-c2ncn[nH]2)c1)NC1CCN(CCOC)CC1. The van der Waals surface area contributed by atoms with E-state index in [0.29, 0.717) is 12.6 Å². The monoisotopic (exact) mass is 385 g/mol. The molecule has 1 aromatic heterocycles. The summed E-state index contributed by atoms with van der Waals surface area (Å²) in [5.41, 5.74) is 2.16. The summed E-state index contributed by atoms with van der Waals surface area (Å²) in [6.45, 7) is 7.56. The molecule has 0 spiro atoms. The molecule has 1 fully saturated rings. The fraction of sp³-hybridized carbons (Fsp3) is 0.550. The van der Waals surface area contributed by atoms with E-state index in [1.54, 1.807) is 7.11 Å². The van der Waals surface area contributed by atoms with Crippen molar-refractivity contribution in [1.29, 1.82) is 0 Å². The Balaban J connectivity index is 1.55. The molecule has 0 aliphatic carbocycles. The standard InChI is InChI=1S/C20H31N7O/c1-3-21-20(25-18-7-9-27(10-8-18)11-12-28-2)22-14-16-5-4-6-17(13-16)19-23-15-24-26-19/h4-6,13,15,18H,3,7-12,14H2,1-2H3,(H2,21,22,25)(H,23,24,26). The average molecular weight is 386 g/mol. The average Bonchev–Trinajstić information content (AvgIpc) is 3.27. The van der Waals surface area contributed by atoms with E-state index in [0.717, 1.165) is 68.5 Å². The Kier molecular flexibility index (Phi) is 7.81. The zero-order valence-corrected chi connectivity index (χ0v) is 16.8. The molecule has 0 radical (unpaired) electrons. The van der Waals surface area contributed by atoms with Crippen LogP contribution in [0.25, 0.3) is 11.4 Å². The summed E-state index contributed by atoms with van der Waals surface area (Å²) in [5.74, 6) is 1.65. The van der Waals surface area contributed by atoms with Crippen LogP contribution in [0.5, 0.6) is 0 Å². The molecular weight excluding hydrogens is 354 g/mol. The lowest BCUT2D eigenvalue weighted by atomic mass is 10.1.